The van der Waals surface area contributed by atoms with E-state index in [2.05, 4.69) is 27.2 Å². The lowest BCUT2D eigenvalue weighted by molar-refractivity contribution is 0.0162. The number of para-hydroxylation sites is 1. The molecule has 2 aliphatic rings. The van der Waals surface area contributed by atoms with Crippen molar-refractivity contribution in [1.82, 2.24) is 10.2 Å². The highest BCUT2D eigenvalue weighted by atomic mass is 35.5. The molecule has 0 bridgehead atoms. The summed E-state index contributed by atoms with van der Waals surface area (Å²) in [6, 6.07) is 15.9. The van der Waals surface area contributed by atoms with Crippen LogP contribution in [0, 0.1) is 0 Å². The molecule has 2 aromatic rings. The van der Waals surface area contributed by atoms with Crippen LogP contribution in [-0.2, 0) is 4.74 Å². The highest BCUT2D eigenvalue weighted by Crippen LogP contribution is 2.28. The molecule has 0 spiro atoms. The Morgan fingerprint density at radius 3 is 2.43 bits per heavy atom. The number of hydrogen-bond acceptors (Lipinski definition) is 4. The first-order valence-corrected chi connectivity index (χ1v) is 11.3. The van der Waals surface area contributed by atoms with Gasteiger partial charge in [0.25, 0.3) is 5.91 Å². The number of piperidine rings is 1. The van der Waals surface area contributed by atoms with Crippen molar-refractivity contribution >= 4 is 23.2 Å². The normalized spacial score (nSPS) is 18.8. The second kappa shape index (κ2) is 10.3. The van der Waals surface area contributed by atoms with E-state index in [1.54, 1.807) is 0 Å². The standard InChI is InChI=1S/C24H30ClN3O2/c25-21-10-4-2-8-19(21)23(28-14-16-30-17-15-28)18-26-24(29)20-9-3-5-11-22(20)27-12-6-1-7-13-27/h2-5,8-11,23H,1,6-7,12-18H2,(H,26,29). The van der Waals surface area contributed by atoms with Crippen LogP contribution in [0.3, 0.4) is 0 Å². The lowest BCUT2D eigenvalue weighted by Gasteiger charge is -2.35. The molecule has 1 atom stereocenters. The van der Waals surface area contributed by atoms with Crippen molar-refractivity contribution in [1.29, 1.82) is 0 Å². The maximum absolute atomic E-state index is 13.2. The zero-order valence-electron chi connectivity index (χ0n) is 17.4. The molecule has 2 saturated heterocycles. The molecule has 4 rings (SSSR count). The van der Waals surface area contributed by atoms with Gasteiger partial charge in [0.1, 0.15) is 0 Å². The van der Waals surface area contributed by atoms with Gasteiger partial charge in [0.15, 0.2) is 0 Å². The number of hydrogen-bond donors (Lipinski definition) is 1. The van der Waals surface area contributed by atoms with Crippen molar-refractivity contribution in [2.24, 2.45) is 0 Å². The third-order valence-electron chi connectivity index (χ3n) is 6.05. The molecule has 2 heterocycles. The van der Waals surface area contributed by atoms with Crippen molar-refractivity contribution in [2.45, 2.75) is 25.3 Å². The monoisotopic (exact) mass is 427 g/mol. The zero-order valence-corrected chi connectivity index (χ0v) is 18.1. The maximum Gasteiger partial charge on any atom is 0.253 e. The number of halogens is 1. The molecule has 6 heteroatoms. The molecule has 0 radical (unpaired) electrons. The predicted octanol–water partition coefficient (Wildman–Crippen LogP) is 4.13. The molecule has 2 aliphatic heterocycles. The molecule has 2 aromatic carbocycles. The largest absolute Gasteiger partial charge is 0.379 e. The minimum Gasteiger partial charge on any atom is -0.379 e. The van der Waals surface area contributed by atoms with E-state index in [1.165, 1.54) is 19.3 Å². The van der Waals surface area contributed by atoms with Gasteiger partial charge in [-0.15, -0.1) is 0 Å². The van der Waals surface area contributed by atoms with Crippen molar-refractivity contribution in [3.8, 4) is 0 Å². The van der Waals surface area contributed by atoms with E-state index < -0.39 is 0 Å². The van der Waals surface area contributed by atoms with Crippen LogP contribution in [0.5, 0.6) is 0 Å². The Morgan fingerprint density at radius 1 is 0.967 bits per heavy atom. The number of carbonyl (C=O) groups is 1. The van der Waals surface area contributed by atoms with E-state index in [4.69, 9.17) is 16.3 Å². The summed E-state index contributed by atoms with van der Waals surface area (Å²) in [5, 5.41) is 3.93. The van der Waals surface area contributed by atoms with Crippen molar-refractivity contribution in [2.75, 3.05) is 50.8 Å². The molecular weight excluding hydrogens is 398 g/mol. The first-order chi connectivity index (χ1) is 14.7. The summed E-state index contributed by atoms with van der Waals surface area (Å²) in [7, 11) is 0. The first kappa shape index (κ1) is 21.2. The van der Waals surface area contributed by atoms with E-state index >= 15 is 0 Å². The topological polar surface area (TPSA) is 44.8 Å². The fraction of sp³-hybridized carbons (Fsp3) is 0.458. The Labute approximate surface area is 184 Å². The number of rotatable bonds is 6. The number of morpholine rings is 1. The molecule has 1 N–H and O–H groups in total. The van der Waals surface area contributed by atoms with Crippen LogP contribution < -0.4 is 10.2 Å². The zero-order chi connectivity index (χ0) is 20.8. The number of benzene rings is 2. The summed E-state index contributed by atoms with van der Waals surface area (Å²) in [5.41, 5.74) is 2.83. The third kappa shape index (κ3) is 4.97. The van der Waals surface area contributed by atoms with Crippen LogP contribution in [0.25, 0.3) is 0 Å². The average molecular weight is 428 g/mol. The number of carbonyl (C=O) groups excluding carboxylic acids is 1. The van der Waals surface area contributed by atoms with E-state index in [-0.39, 0.29) is 11.9 Å². The molecule has 1 amide bonds. The highest BCUT2D eigenvalue weighted by Gasteiger charge is 2.26. The lowest BCUT2D eigenvalue weighted by Crippen LogP contribution is -2.44. The second-order valence-corrected chi connectivity index (χ2v) is 8.37. The van der Waals surface area contributed by atoms with Crippen molar-refractivity contribution in [3.63, 3.8) is 0 Å². The Hall–Kier alpha value is -2.08. The van der Waals surface area contributed by atoms with Gasteiger partial charge < -0.3 is 15.0 Å². The Bertz CT molecular complexity index is 848. The van der Waals surface area contributed by atoms with Gasteiger partial charge in [0.05, 0.1) is 24.8 Å². The van der Waals surface area contributed by atoms with Gasteiger partial charge in [0.2, 0.25) is 0 Å². The van der Waals surface area contributed by atoms with E-state index in [9.17, 15) is 4.79 Å². The average Bonchev–Trinajstić information content (AvgIpc) is 2.81. The molecule has 160 valence electrons. The predicted molar refractivity (Wildman–Crippen MR) is 121 cm³/mol. The van der Waals surface area contributed by atoms with Crippen LogP contribution in [0.2, 0.25) is 5.02 Å². The highest BCUT2D eigenvalue weighted by molar-refractivity contribution is 6.31. The first-order valence-electron chi connectivity index (χ1n) is 10.9. The Balaban J connectivity index is 1.51. The third-order valence-corrected chi connectivity index (χ3v) is 6.40. The number of nitrogens with one attached hydrogen (secondary N) is 1. The van der Waals surface area contributed by atoms with Crippen LogP contribution in [-0.4, -0.2) is 56.7 Å². The summed E-state index contributed by atoms with van der Waals surface area (Å²) in [6.07, 6.45) is 3.63. The van der Waals surface area contributed by atoms with Crippen LogP contribution >= 0.6 is 11.6 Å². The van der Waals surface area contributed by atoms with E-state index in [0.29, 0.717) is 19.8 Å². The summed E-state index contributed by atoms with van der Waals surface area (Å²) in [5.74, 6) is -0.0264. The van der Waals surface area contributed by atoms with Crippen LogP contribution in [0.15, 0.2) is 48.5 Å². The van der Waals surface area contributed by atoms with E-state index in [1.807, 2.05) is 36.4 Å². The number of amides is 1. The smallest absolute Gasteiger partial charge is 0.253 e. The fourth-order valence-electron chi connectivity index (χ4n) is 4.43. The lowest BCUT2D eigenvalue weighted by atomic mass is 10.0. The number of nitrogens with zero attached hydrogens (tertiary/aromatic N) is 2. The minimum absolute atomic E-state index is 0.0219. The fourth-order valence-corrected chi connectivity index (χ4v) is 4.69. The summed E-state index contributed by atoms with van der Waals surface area (Å²) in [4.78, 5) is 17.9. The molecular formula is C24H30ClN3O2. The van der Waals surface area contributed by atoms with Crippen LogP contribution in [0.4, 0.5) is 5.69 Å². The van der Waals surface area contributed by atoms with Crippen molar-refractivity contribution < 1.29 is 9.53 Å². The molecule has 1 unspecified atom stereocenters. The van der Waals surface area contributed by atoms with Gasteiger partial charge in [-0.25, -0.2) is 0 Å². The second-order valence-electron chi connectivity index (χ2n) is 7.96. The Morgan fingerprint density at radius 2 is 1.67 bits per heavy atom. The number of ether oxygens (including phenoxy) is 1. The van der Waals surface area contributed by atoms with Gasteiger partial charge in [-0.3, -0.25) is 9.69 Å². The quantitative estimate of drug-likeness (QED) is 0.752. The van der Waals surface area contributed by atoms with E-state index in [0.717, 1.165) is 48.0 Å². The van der Waals surface area contributed by atoms with Gasteiger partial charge in [-0.05, 0) is 43.0 Å². The molecule has 2 fully saturated rings. The summed E-state index contributed by atoms with van der Waals surface area (Å²) < 4.78 is 5.53. The minimum atomic E-state index is -0.0264. The summed E-state index contributed by atoms with van der Waals surface area (Å²) in [6.45, 7) is 5.60. The Kier molecular flexibility index (Phi) is 7.26. The summed E-state index contributed by atoms with van der Waals surface area (Å²) >= 11 is 6.52. The van der Waals surface area contributed by atoms with Gasteiger partial charge in [0, 0.05) is 43.4 Å². The van der Waals surface area contributed by atoms with Gasteiger partial charge in [-0.2, -0.15) is 0 Å². The molecule has 0 aliphatic carbocycles. The molecule has 30 heavy (non-hydrogen) atoms. The SMILES string of the molecule is O=C(NCC(c1ccccc1Cl)N1CCOCC1)c1ccccc1N1CCCCC1. The van der Waals surface area contributed by atoms with Gasteiger partial charge >= 0.3 is 0 Å². The molecule has 0 saturated carbocycles. The molecule has 0 aromatic heterocycles. The van der Waals surface area contributed by atoms with Gasteiger partial charge in [-0.1, -0.05) is 41.9 Å². The molecule has 5 nitrogen and oxygen atoms in total. The number of anilines is 1. The maximum atomic E-state index is 13.2. The van der Waals surface area contributed by atoms with Crippen molar-refractivity contribution in [3.05, 3.63) is 64.7 Å². The van der Waals surface area contributed by atoms with Crippen LogP contribution in [0.1, 0.15) is 41.2 Å².